The molecular weight excluding hydrogens is 436 g/mol. The number of rotatable bonds is 7. The number of amides is 2. The zero-order valence-corrected chi connectivity index (χ0v) is 22.0. The van der Waals surface area contributed by atoms with Crippen LogP contribution in [-0.4, -0.2) is 44.6 Å². The van der Waals surface area contributed by atoms with Gasteiger partial charge in [-0.05, 0) is 50.2 Å². The van der Waals surface area contributed by atoms with E-state index < -0.39 is 5.54 Å². The molecule has 2 aliphatic rings. The maximum atomic E-state index is 13.8. The minimum atomic E-state index is -0.962. The summed E-state index contributed by atoms with van der Waals surface area (Å²) in [6, 6.07) is 10.4. The van der Waals surface area contributed by atoms with E-state index in [1.807, 2.05) is 17.9 Å². The fourth-order valence-electron chi connectivity index (χ4n) is 5.37. The molecule has 6 heteroatoms. The van der Waals surface area contributed by atoms with Gasteiger partial charge in [-0.3, -0.25) is 14.3 Å². The smallest absolute Gasteiger partial charge is 0.273 e. The molecule has 0 spiro atoms. The molecule has 2 heterocycles. The number of fused-ring (bicyclic) bond motifs is 1. The molecule has 0 saturated heterocycles. The molecule has 1 saturated carbocycles. The lowest BCUT2D eigenvalue weighted by molar-refractivity contribution is -0.134. The van der Waals surface area contributed by atoms with Gasteiger partial charge in [0.15, 0.2) is 0 Å². The SMILES string of the molecule is CCc1ccc(-c2cc3n(n2)C[C@@](C)(C(=O)NC2CCCCCCC2)N(CCC(C)C)C3=O)cc1. The minimum Gasteiger partial charge on any atom is -0.351 e. The number of aryl methyl sites for hydroxylation is 1. The minimum absolute atomic E-state index is 0.0461. The molecule has 0 radical (unpaired) electrons. The van der Waals surface area contributed by atoms with Crippen LogP contribution in [-0.2, 0) is 17.8 Å². The molecule has 1 atom stereocenters. The lowest BCUT2D eigenvalue weighted by Gasteiger charge is -2.44. The molecular formula is C29H42N4O2. The van der Waals surface area contributed by atoms with Crippen LogP contribution in [0.25, 0.3) is 11.3 Å². The normalized spacial score (nSPS) is 21.5. The first-order chi connectivity index (χ1) is 16.8. The van der Waals surface area contributed by atoms with Crippen molar-refractivity contribution in [1.82, 2.24) is 20.0 Å². The third-order valence-corrected chi connectivity index (χ3v) is 7.82. The highest BCUT2D eigenvalue weighted by molar-refractivity contribution is 6.00. The van der Waals surface area contributed by atoms with Crippen molar-refractivity contribution in [2.24, 2.45) is 5.92 Å². The lowest BCUT2D eigenvalue weighted by atomic mass is 9.91. The fourth-order valence-corrected chi connectivity index (χ4v) is 5.37. The van der Waals surface area contributed by atoms with Gasteiger partial charge in [0.2, 0.25) is 5.91 Å². The summed E-state index contributed by atoms with van der Waals surface area (Å²) < 4.78 is 1.76. The molecule has 1 aromatic heterocycles. The molecule has 35 heavy (non-hydrogen) atoms. The molecule has 0 bridgehead atoms. The summed E-state index contributed by atoms with van der Waals surface area (Å²) in [5, 5.41) is 8.14. The fraction of sp³-hybridized carbons (Fsp3) is 0.621. The molecule has 4 rings (SSSR count). The summed E-state index contributed by atoms with van der Waals surface area (Å²) in [5.74, 6) is 0.298. The quantitative estimate of drug-likeness (QED) is 0.563. The average Bonchev–Trinajstić information content (AvgIpc) is 3.24. The maximum Gasteiger partial charge on any atom is 0.273 e. The van der Waals surface area contributed by atoms with Crippen LogP contribution in [0, 0.1) is 5.92 Å². The van der Waals surface area contributed by atoms with Gasteiger partial charge in [-0.1, -0.05) is 77.1 Å². The second-order valence-electron chi connectivity index (χ2n) is 11.1. The predicted octanol–water partition coefficient (Wildman–Crippen LogP) is 5.60. The molecule has 1 N–H and O–H groups in total. The van der Waals surface area contributed by atoms with Crippen LogP contribution in [0.5, 0.6) is 0 Å². The van der Waals surface area contributed by atoms with E-state index in [2.05, 4.69) is 50.4 Å². The zero-order chi connectivity index (χ0) is 25.0. The van der Waals surface area contributed by atoms with Gasteiger partial charge in [0.25, 0.3) is 5.91 Å². The van der Waals surface area contributed by atoms with E-state index >= 15 is 0 Å². The highest BCUT2D eigenvalue weighted by atomic mass is 16.2. The van der Waals surface area contributed by atoms with Crippen molar-refractivity contribution in [2.45, 2.75) is 104 Å². The topological polar surface area (TPSA) is 67.2 Å². The molecule has 6 nitrogen and oxygen atoms in total. The Morgan fingerprint density at radius 3 is 2.40 bits per heavy atom. The molecule has 0 unspecified atom stereocenters. The van der Waals surface area contributed by atoms with E-state index in [-0.39, 0.29) is 17.9 Å². The summed E-state index contributed by atoms with van der Waals surface area (Å²) in [6.07, 6.45) is 9.96. The van der Waals surface area contributed by atoms with Crippen molar-refractivity contribution >= 4 is 11.8 Å². The largest absolute Gasteiger partial charge is 0.351 e. The number of carbonyl (C=O) groups is 2. The van der Waals surface area contributed by atoms with Crippen molar-refractivity contribution in [3.05, 3.63) is 41.6 Å². The Kier molecular flexibility index (Phi) is 7.98. The first kappa shape index (κ1) is 25.5. The maximum absolute atomic E-state index is 13.8. The number of hydrogen-bond donors (Lipinski definition) is 1. The van der Waals surface area contributed by atoms with Gasteiger partial charge in [0, 0.05) is 18.2 Å². The van der Waals surface area contributed by atoms with Crippen LogP contribution >= 0.6 is 0 Å². The van der Waals surface area contributed by atoms with Gasteiger partial charge >= 0.3 is 0 Å². The highest BCUT2D eigenvalue weighted by Crippen LogP contribution is 2.31. The van der Waals surface area contributed by atoms with E-state index in [9.17, 15) is 9.59 Å². The Hall–Kier alpha value is -2.63. The predicted molar refractivity (Wildman–Crippen MR) is 140 cm³/mol. The second-order valence-corrected chi connectivity index (χ2v) is 11.1. The summed E-state index contributed by atoms with van der Waals surface area (Å²) >= 11 is 0. The van der Waals surface area contributed by atoms with Crippen LogP contribution in [0.4, 0.5) is 0 Å². The first-order valence-corrected chi connectivity index (χ1v) is 13.6. The van der Waals surface area contributed by atoms with Crippen LogP contribution < -0.4 is 5.32 Å². The van der Waals surface area contributed by atoms with Gasteiger partial charge < -0.3 is 10.2 Å². The molecule has 1 aliphatic carbocycles. The van der Waals surface area contributed by atoms with Gasteiger partial charge in [0.1, 0.15) is 11.2 Å². The molecule has 2 amide bonds. The average molecular weight is 479 g/mol. The summed E-state index contributed by atoms with van der Waals surface area (Å²) in [4.78, 5) is 29.4. The van der Waals surface area contributed by atoms with Gasteiger partial charge in [-0.25, -0.2) is 0 Å². The van der Waals surface area contributed by atoms with E-state index in [4.69, 9.17) is 5.10 Å². The van der Waals surface area contributed by atoms with Crippen LogP contribution in [0.1, 0.15) is 95.1 Å². The van der Waals surface area contributed by atoms with Gasteiger partial charge in [-0.2, -0.15) is 5.10 Å². The van der Waals surface area contributed by atoms with Gasteiger partial charge in [-0.15, -0.1) is 0 Å². The molecule has 1 fully saturated rings. The number of benzene rings is 1. The Balaban J connectivity index is 1.62. The molecule has 2 aromatic rings. The van der Waals surface area contributed by atoms with Crippen molar-refractivity contribution in [1.29, 1.82) is 0 Å². The zero-order valence-electron chi connectivity index (χ0n) is 22.0. The second kappa shape index (κ2) is 11.0. The van der Waals surface area contributed by atoms with E-state index in [1.54, 1.807) is 4.68 Å². The standard InChI is InChI=1S/C29H42N4O2/c1-5-22-13-15-23(16-14-22)25-19-26-27(34)32(18-17-21(2)3)29(4,20-33(26)31-25)28(35)30-24-11-9-7-6-8-10-12-24/h13-16,19,21,24H,5-12,17-18,20H2,1-4H3,(H,30,35)/t29-/m0/s1. The summed E-state index contributed by atoms with van der Waals surface area (Å²) in [6.45, 7) is 9.31. The third-order valence-electron chi connectivity index (χ3n) is 7.82. The Bertz CT molecular complexity index is 1020. The third kappa shape index (κ3) is 5.62. The van der Waals surface area contributed by atoms with Crippen LogP contribution in [0.3, 0.4) is 0 Å². The Labute approximate surface area is 210 Å². The number of nitrogens with one attached hydrogen (secondary N) is 1. The van der Waals surface area contributed by atoms with E-state index in [0.29, 0.717) is 24.7 Å². The highest BCUT2D eigenvalue weighted by Gasteiger charge is 2.48. The summed E-state index contributed by atoms with van der Waals surface area (Å²) in [7, 11) is 0. The van der Waals surface area contributed by atoms with Crippen molar-refractivity contribution in [3.63, 3.8) is 0 Å². The van der Waals surface area contributed by atoms with Crippen molar-refractivity contribution in [2.75, 3.05) is 6.54 Å². The number of hydrogen-bond acceptors (Lipinski definition) is 3. The Morgan fingerprint density at radius 1 is 1.11 bits per heavy atom. The monoisotopic (exact) mass is 478 g/mol. The number of aromatic nitrogens is 2. The first-order valence-electron chi connectivity index (χ1n) is 13.6. The molecule has 1 aromatic carbocycles. The van der Waals surface area contributed by atoms with Crippen LogP contribution in [0.15, 0.2) is 30.3 Å². The van der Waals surface area contributed by atoms with Crippen LogP contribution in [0.2, 0.25) is 0 Å². The molecule has 190 valence electrons. The lowest BCUT2D eigenvalue weighted by Crippen LogP contribution is -2.65. The summed E-state index contributed by atoms with van der Waals surface area (Å²) in [5.41, 5.74) is 2.65. The Morgan fingerprint density at radius 2 is 1.77 bits per heavy atom. The van der Waals surface area contributed by atoms with Gasteiger partial charge in [0.05, 0.1) is 12.2 Å². The van der Waals surface area contributed by atoms with Crippen molar-refractivity contribution in [3.8, 4) is 11.3 Å². The number of nitrogens with zero attached hydrogens (tertiary/aromatic N) is 3. The number of carbonyl (C=O) groups excluding carboxylic acids is 2. The van der Waals surface area contributed by atoms with Crippen molar-refractivity contribution < 1.29 is 9.59 Å². The molecule has 1 aliphatic heterocycles. The van der Waals surface area contributed by atoms with E-state index in [0.717, 1.165) is 49.8 Å². The van der Waals surface area contributed by atoms with E-state index in [1.165, 1.54) is 24.8 Å².